The molecule has 0 unspecified atom stereocenters. The van der Waals surface area contributed by atoms with Crippen molar-refractivity contribution in [1.29, 1.82) is 0 Å². The van der Waals surface area contributed by atoms with Crippen LogP contribution in [-0.4, -0.2) is 6.79 Å². The molecule has 0 atom stereocenters. The van der Waals surface area contributed by atoms with Crippen molar-refractivity contribution >= 4 is 0 Å². The fraction of sp³-hybridized carbons (Fsp3) is 0.222. The minimum absolute atomic E-state index is 0. The Morgan fingerprint density at radius 1 is 1.31 bits per heavy atom. The fourth-order valence-electron chi connectivity index (χ4n) is 1.13. The van der Waals surface area contributed by atoms with Crippen LogP contribution >= 0.6 is 0 Å². The molecule has 1 aromatic rings. The zero-order chi connectivity index (χ0) is 8.39. The molecule has 0 N–H and O–H groups in total. The van der Waals surface area contributed by atoms with E-state index in [1.54, 1.807) is 0 Å². The number of hydrogen-bond acceptors (Lipinski definition) is 2. The molecular weight excluding hydrogens is 349 g/mol. The van der Waals surface area contributed by atoms with E-state index in [-0.39, 0.29) is 27.9 Å². The first-order valence-corrected chi connectivity index (χ1v) is 3.62. The molecule has 0 saturated heterocycles. The first-order chi connectivity index (χ1) is 5.90. The zero-order valence-corrected chi connectivity index (χ0v) is 9.00. The molecular formula is C9H7NO2Pt. The van der Waals surface area contributed by atoms with Crippen LogP contribution in [0.2, 0.25) is 0 Å². The van der Waals surface area contributed by atoms with E-state index in [0.717, 1.165) is 17.1 Å². The molecule has 1 heterocycles. The Morgan fingerprint density at radius 2 is 2.08 bits per heavy atom. The van der Waals surface area contributed by atoms with Gasteiger partial charge < -0.3 is 14.3 Å². The first-order valence-electron chi connectivity index (χ1n) is 3.62. The van der Waals surface area contributed by atoms with Gasteiger partial charge >= 0.3 is 0 Å². The number of hydrogen-bond donors (Lipinski definition) is 0. The Bertz CT molecular complexity index is 346. The van der Waals surface area contributed by atoms with E-state index in [0.29, 0.717) is 6.54 Å². The fourth-order valence-corrected chi connectivity index (χ4v) is 1.13. The van der Waals surface area contributed by atoms with E-state index in [2.05, 4.69) is 4.85 Å². The third-order valence-corrected chi connectivity index (χ3v) is 1.70. The summed E-state index contributed by atoms with van der Waals surface area (Å²) in [7, 11) is 0. The van der Waals surface area contributed by atoms with Gasteiger partial charge in [-0.05, 0) is 18.2 Å². The Kier molecular flexibility index (Phi) is 3.33. The van der Waals surface area contributed by atoms with Crippen molar-refractivity contribution < 1.29 is 30.5 Å². The number of ether oxygens (including phenoxy) is 2. The van der Waals surface area contributed by atoms with E-state index in [4.69, 9.17) is 16.0 Å². The molecule has 0 fully saturated rings. The molecule has 13 heavy (non-hydrogen) atoms. The van der Waals surface area contributed by atoms with Gasteiger partial charge in [0.2, 0.25) is 13.3 Å². The molecule has 0 aromatic heterocycles. The van der Waals surface area contributed by atoms with Crippen LogP contribution in [0.15, 0.2) is 18.2 Å². The second-order valence-electron chi connectivity index (χ2n) is 2.50. The first kappa shape index (κ1) is 10.1. The molecule has 0 aliphatic carbocycles. The van der Waals surface area contributed by atoms with Crippen molar-refractivity contribution in [2.45, 2.75) is 6.54 Å². The average Bonchev–Trinajstić information content (AvgIpc) is 2.51. The molecule has 1 aromatic carbocycles. The van der Waals surface area contributed by atoms with Crippen LogP contribution in [0.4, 0.5) is 0 Å². The Balaban J connectivity index is 0.000000845. The standard InChI is InChI=1S/C9H7NO2.Pt/c1-10-5-7-2-3-8-9(4-7)12-6-11-8;/h2-4H,5-6H2;. The van der Waals surface area contributed by atoms with Gasteiger partial charge in [0.05, 0.1) is 0 Å². The predicted octanol–water partition coefficient (Wildman–Crippen LogP) is 1.83. The van der Waals surface area contributed by atoms with Gasteiger partial charge in [0.1, 0.15) is 0 Å². The minimum atomic E-state index is 0. The minimum Gasteiger partial charge on any atom is -0.454 e. The second-order valence-corrected chi connectivity index (χ2v) is 2.50. The maximum atomic E-state index is 6.69. The SMILES string of the molecule is [C-]#[N+]Cc1ccc2c(c1)OCO2.[Pt]. The van der Waals surface area contributed by atoms with E-state index < -0.39 is 0 Å². The van der Waals surface area contributed by atoms with E-state index in [9.17, 15) is 0 Å². The summed E-state index contributed by atoms with van der Waals surface area (Å²) in [4.78, 5) is 3.29. The Labute approximate surface area is 90.7 Å². The summed E-state index contributed by atoms with van der Waals surface area (Å²) in [6.07, 6.45) is 0. The largest absolute Gasteiger partial charge is 0.454 e. The van der Waals surface area contributed by atoms with Gasteiger partial charge in [0, 0.05) is 26.6 Å². The molecule has 0 bridgehead atoms. The van der Waals surface area contributed by atoms with Crippen LogP contribution in [-0.2, 0) is 27.6 Å². The third-order valence-electron chi connectivity index (χ3n) is 1.70. The van der Waals surface area contributed by atoms with E-state index in [1.807, 2.05) is 18.2 Å². The Hall–Kier alpha value is -1.00. The summed E-state index contributed by atoms with van der Waals surface area (Å²) in [6, 6.07) is 5.56. The summed E-state index contributed by atoms with van der Waals surface area (Å²) < 4.78 is 10.3. The van der Waals surface area contributed by atoms with Crippen molar-refractivity contribution in [3.8, 4) is 11.5 Å². The molecule has 1 aliphatic rings. The van der Waals surface area contributed by atoms with Crippen molar-refractivity contribution in [1.82, 2.24) is 0 Å². The van der Waals surface area contributed by atoms with Gasteiger partial charge in [0.15, 0.2) is 11.5 Å². The summed E-state index contributed by atoms with van der Waals surface area (Å²) >= 11 is 0. The molecule has 3 nitrogen and oxygen atoms in total. The van der Waals surface area contributed by atoms with Gasteiger partial charge in [-0.15, -0.1) is 0 Å². The number of rotatable bonds is 1. The predicted molar refractivity (Wildman–Crippen MR) is 42.9 cm³/mol. The normalized spacial score (nSPS) is 11.6. The van der Waals surface area contributed by atoms with Crippen LogP contribution in [0.25, 0.3) is 4.85 Å². The molecule has 2 rings (SSSR count). The van der Waals surface area contributed by atoms with Crippen LogP contribution in [0.1, 0.15) is 5.56 Å². The van der Waals surface area contributed by atoms with Crippen LogP contribution in [0.5, 0.6) is 11.5 Å². The summed E-state index contributed by atoms with van der Waals surface area (Å²) in [6.45, 7) is 7.38. The number of benzene rings is 1. The third kappa shape index (κ3) is 2.02. The number of nitrogens with zero attached hydrogens (tertiary/aromatic N) is 1. The average molecular weight is 356 g/mol. The van der Waals surface area contributed by atoms with Gasteiger partial charge in [-0.25, -0.2) is 6.57 Å². The zero-order valence-electron chi connectivity index (χ0n) is 6.73. The van der Waals surface area contributed by atoms with Crippen molar-refractivity contribution in [3.63, 3.8) is 0 Å². The van der Waals surface area contributed by atoms with E-state index >= 15 is 0 Å². The van der Waals surface area contributed by atoms with Gasteiger partial charge in [-0.2, -0.15) is 0 Å². The van der Waals surface area contributed by atoms with Crippen LogP contribution in [0, 0.1) is 6.57 Å². The monoisotopic (exact) mass is 356 g/mol. The molecule has 4 heteroatoms. The van der Waals surface area contributed by atoms with Gasteiger partial charge in [0.25, 0.3) is 0 Å². The van der Waals surface area contributed by atoms with Gasteiger partial charge in [-0.1, -0.05) is 0 Å². The molecule has 0 spiro atoms. The number of fused-ring (bicyclic) bond motifs is 1. The van der Waals surface area contributed by atoms with Crippen LogP contribution in [0.3, 0.4) is 0 Å². The second kappa shape index (κ2) is 4.30. The summed E-state index contributed by atoms with van der Waals surface area (Å²) in [5, 5.41) is 0. The molecule has 0 radical (unpaired) electrons. The quantitative estimate of drug-likeness (QED) is 0.717. The molecule has 0 saturated carbocycles. The maximum absolute atomic E-state index is 6.69. The summed E-state index contributed by atoms with van der Waals surface area (Å²) in [5.41, 5.74) is 0.967. The topological polar surface area (TPSA) is 22.8 Å². The maximum Gasteiger partial charge on any atom is 0.239 e. The molecule has 1 aliphatic heterocycles. The molecule has 70 valence electrons. The van der Waals surface area contributed by atoms with Crippen molar-refractivity contribution in [3.05, 3.63) is 35.2 Å². The van der Waals surface area contributed by atoms with Gasteiger partial charge in [-0.3, -0.25) is 0 Å². The van der Waals surface area contributed by atoms with Crippen molar-refractivity contribution in [2.75, 3.05) is 6.79 Å². The Morgan fingerprint density at radius 3 is 2.85 bits per heavy atom. The smallest absolute Gasteiger partial charge is 0.239 e. The van der Waals surface area contributed by atoms with Crippen molar-refractivity contribution in [2.24, 2.45) is 0 Å². The van der Waals surface area contributed by atoms with Crippen LogP contribution < -0.4 is 9.47 Å². The van der Waals surface area contributed by atoms with E-state index in [1.165, 1.54) is 0 Å². The summed E-state index contributed by atoms with van der Waals surface area (Å²) in [5.74, 6) is 1.51. The molecule has 0 amide bonds.